The van der Waals surface area contributed by atoms with Crippen molar-refractivity contribution < 1.29 is 113 Å². The van der Waals surface area contributed by atoms with E-state index in [1.54, 1.807) is 0 Å². The predicted molar refractivity (Wildman–Crippen MR) is 373 cm³/mol. The molecule has 18 atom stereocenters. The SMILES string of the molecule is C#CCCCNC(=O)[C@H]1NC(=O)[C@H]2NC(=O)[C@H](NC(=O)[C@@H]3NC(=O)[C@H](CC(N)=O)NC(=O)[C@H](NC(=O)[C@@H](CC(C)C)NC)[C@H](O)c4ccc(c(Cl)c4)Oc4cc3cc(c4O[C@@H]3O[C@H](CO)[C@@H](O)[C@H](O)[C@H]3O[C@H]3C[C@](C)(N)[C@H](O)[C@H](C)O3)Oc3ccc(cc3Cl)[C@H]2O)c2ccc(O)c(c2)-c2c(O)cc(O)cc21. The number of aliphatic hydroxyl groups excluding tert-OH is 6. The number of likely N-dealkylation sites (N-methyl/N-ethyl adjacent to an activating group) is 1. The summed E-state index contributed by atoms with van der Waals surface area (Å²) >= 11 is 14.2. The number of halogens is 2. The Morgan fingerprint density at radius 1 is 0.745 bits per heavy atom. The molecule has 7 heterocycles. The number of amides is 8. The van der Waals surface area contributed by atoms with Crippen molar-refractivity contribution in [1.29, 1.82) is 0 Å². The Bertz CT molecular complexity index is 4260. The zero-order valence-electron chi connectivity index (χ0n) is 57.6. The normalized spacial score (nSPS) is 28.5. The van der Waals surface area contributed by atoms with E-state index in [-0.39, 0.29) is 82.5 Å². The van der Waals surface area contributed by atoms with Crippen LogP contribution in [0.25, 0.3) is 11.1 Å². The van der Waals surface area contributed by atoms with Crippen LogP contribution in [0.5, 0.6) is 46.0 Å². The van der Waals surface area contributed by atoms with Crippen molar-refractivity contribution in [3.8, 4) is 69.5 Å². The van der Waals surface area contributed by atoms with E-state index in [2.05, 4.69) is 48.5 Å². The molecule has 0 radical (unpaired) electrons. The number of nitrogens with two attached hydrogens (primary N) is 2. The first-order valence-corrected chi connectivity index (χ1v) is 34.4. The van der Waals surface area contributed by atoms with Crippen molar-refractivity contribution in [2.75, 3.05) is 20.2 Å². The van der Waals surface area contributed by atoms with Gasteiger partial charge < -0.3 is 128 Å². The maximum atomic E-state index is 16.2. The number of aromatic hydroxyl groups is 3. The van der Waals surface area contributed by atoms with Gasteiger partial charge in [0.05, 0.1) is 41.3 Å². The third kappa shape index (κ3) is 17.2. The van der Waals surface area contributed by atoms with Gasteiger partial charge in [-0.15, -0.1) is 12.3 Å². The van der Waals surface area contributed by atoms with Gasteiger partial charge in [-0.3, -0.25) is 38.4 Å². The van der Waals surface area contributed by atoms with Gasteiger partial charge in [-0.05, 0) is 122 Å². The number of rotatable bonds is 16. The molecule has 33 nitrogen and oxygen atoms in total. The van der Waals surface area contributed by atoms with Gasteiger partial charge in [-0.1, -0.05) is 55.2 Å². The minimum atomic E-state index is -2.34. The Morgan fingerprint density at radius 3 is 1.97 bits per heavy atom. The molecule has 5 aromatic rings. The molecular weight excluding hydrogens is 1430 g/mol. The zero-order valence-corrected chi connectivity index (χ0v) is 59.1. The molecule has 0 aliphatic carbocycles. The lowest BCUT2D eigenvalue weighted by molar-refractivity contribution is -0.333. The van der Waals surface area contributed by atoms with Crippen LogP contribution in [0.2, 0.25) is 10.0 Å². The highest BCUT2D eigenvalue weighted by Gasteiger charge is 2.52. The topological polar surface area (TPSA) is 522 Å². The van der Waals surface area contributed by atoms with Gasteiger partial charge in [0, 0.05) is 42.1 Å². The van der Waals surface area contributed by atoms with Crippen LogP contribution >= 0.6 is 23.2 Å². The second-order valence-electron chi connectivity index (χ2n) is 27.0. The number of unbranched alkanes of at least 4 members (excludes halogenated alkanes) is 1. The minimum absolute atomic E-state index is 0.0827. The van der Waals surface area contributed by atoms with E-state index in [0.29, 0.717) is 0 Å². The number of primary amides is 1. The minimum Gasteiger partial charge on any atom is -0.508 e. The largest absolute Gasteiger partial charge is 0.508 e. The lowest BCUT2D eigenvalue weighted by atomic mass is 9.86. The Kier molecular flexibility index (Phi) is 24.6. The Balaban J connectivity index is 1.23. The molecule has 0 aromatic heterocycles. The van der Waals surface area contributed by atoms with Gasteiger partial charge in [0.25, 0.3) is 0 Å². The smallest absolute Gasteiger partial charge is 0.248 e. The number of terminal acetylenes is 1. The highest BCUT2D eigenvalue weighted by atomic mass is 35.5. The summed E-state index contributed by atoms with van der Waals surface area (Å²) < 4.78 is 38.5. The van der Waals surface area contributed by atoms with Crippen molar-refractivity contribution >= 4 is 70.5 Å². The molecule has 106 heavy (non-hydrogen) atoms. The van der Waals surface area contributed by atoms with Crippen molar-refractivity contribution in [2.45, 2.75) is 169 Å². The van der Waals surface area contributed by atoms with Gasteiger partial charge in [0.2, 0.25) is 59.3 Å². The summed E-state index contributed by atoms with van der Waals surface area (Å²) in [6.45, 7) is 5.60. The summed E-state index contributed by atoms with van der Waals surface area (Å²) in [4.78, 5) is 119. The third-order valence-corrected chi connectivity index (χ3v) is 19.2. The fourth-order valence-electron chi connectivity index (χ4n) is 13.0. The number of phenols is 3. The number of hydrogen-bond donors (Lipinski definition) is 19. The van der Waals surface area contributed by atoms with Crippen LogP contribution in [0.1, 0.15) is 118 Å². The highest BCUT2D eigenvalue weighted by molar-refractivity contribution is 6.32. The Morgan fingerprint density at radius 2 is 1.37 bits per heavy atom. The maximum Gasteiger partial charge on any atom is 0.248 e. The van der Waals surface area contributed by atoms with Gasteiger partial charge in [-0.25, -0.2) is 0 Å². The van der Waals surface area contributed by atoms with Crippen molar-refractivity contribution in [3.05, 3.63) is 117 Å². The molecule has 0 unspecified atom stereocenters. The number of carbonyl (C=O) groups is 8. The maximum absolute atomic E-state index is 16.2. The summed E-state index contributed by atoms with van der Waals surface area (Å²) in [5.74, 6) is -12.2. The molecule has 2 fully saturated rings. The monoisotopic (exact) mass is 1510 g/mol. The molecule has 0 saturated carbocycles. The molecule has 8 amide bonds. The molecule has 5 aromatic carbocycles. The lowest BCUT2D eigenvalue weighted by Gasteiger charge is -2.47. The van der Waals surface area contributed by atoms with E-state index >= 15 is 19.2 Å². The fourth-order valence-corrected chi connectivity index (χ4v) is 13.5. The predicted octanol–water partition coefficient (Wildman–Crippen LogP) is 0.551. The van der Waals surface area contributed by atoms with Gasteiger partial charge >= 0.3 is 0 Å². The average Bonchev–Trinajstić information content (AvgIpc) is 0.798. The van der Waals surface area contributed by atoms with Gasteiger partial charge in [0.1, 0.15) is 95.5 Å². The molecule has 11 bridgehead atoms. The van der Waals surface area contributed by atoms with E-state index in [0.717, 1.165) is 60.7 Å². The molecule has 7 aliphatic rings. The van der Waals surface area contributed by atoms with Crippen LogP contribution in [0.4, 0.5) is 0 Å². The number of nitrogens with one attached hydrogen (secondary N) is 8. The molecule has 0 spiro atoms. The van der Waals surface area contributed by atoms with Crippen molar-refractivity contribution in [3.63, 3.8) is 0 Å². The van der Waals surface area contributed by atoms with Crippen LogP contribution in [0, 0.1) is 18.3 Å². The Labute approximate surface area is 615 Å². The zero-order chi connectivity index (χ0) is 77.1. The van der Waals surface area contributed by atoms with E-state index in [1.807, 2.05) is 13.8 Å². The quantitative estimate of drug-likeness (QED) is 0.0474. The Hall–Kier alpha value is -9.64. The van der Waals surface area contributed by atoms with E-state index in [9.17, 15) is 65.1 Å². The molecule has 568 valence electrons. The van der Waals surface area contributed by atoms with Crippen LogP contribution in [-0.2, 0) is 52.6 Å². The second-order valence-corrected chi connectivity index (χ2v) is 27.8. The first-order chi connectivity index (χ1) is 50.2. The number of carbonyl (C=O) groups excluding carboxylic acids is 8. The first kappa shape index (κ1) is 78.9. The number of aliphatic hydroxyl groups is 6. The molecule has 21 N–H and O–H groups in total. The average molecular weight is 1510 g/mol. The number of fused-ring (bicyclic) bond motifs is 15. The molecular formula is C71H82Cl2N10O23. The first-order valence-electron chi connectivity index (χ1n) is 33.6. The number of ether oxygens (including phenoxy) is 6. The van der Waals surface area contributed by atoms with Crippen molar-refractivity contribution in [2.24, 2.45) is 17.4 Å². The molecule has 12 rings (SSSR count). The van der Waals surface area contributed by atoms with E-state index in [1.165, 1.54) is 39.1 Å². The molecule has 35 heteroatoms. The molecule has 2 saturated heterocycles. The van der Waals surface area contributed by atoms with Crippen LogP contribution in [-0.4, -0.2) is 192 Å². The van der Waals surface area contributed by atoms with E-state index < -0.39 is 220 Å². The van der Waals surface area contributed by atoms with Gasteiger partial charge in [-0.2, -0.15) is 0 Å². The van der Waals surface area contributed by atoms with Crippen LogP contribution in [0.3, 0.4) is 0 Å². The van der Waals surface area contributed by atoms with E-state index in [4.69, 9.17) is 69.5 Å². The third-order valence-electron chi connectivity index (χ3n) is 18.6. The summed E-state index contributed by atoms with van der Waals surface area (Å²) in [6.07, 6.45) is -12.6. The standard InChI is InChI=1S/C71H82Cl2N10O23/c1-7-8-9-16-77-65(96)53-36-23-34(85)24-42(87)50(36)35-18-30(10-13-41(35)86)51-66(97)83-55(69(100)81-53)57(90)32-12-15-44(38(73)20-32)103-46-22-33-21-45(60(46)106-70-61(59(92)58(91)47(27-84)104-70)105-49-26-71(5,75)62(93)29(4)101-49)102-43-14-11-31(19-37(43)72)56(89)54(82-63(94)39(76-6)17-28(2)3)68(99)78-40(25-48(74)88)64(95)79-52(33)67(98)80-51/h1,10-15,18-24,28-29,39-40,47,49,51-59,61-62,70,76,84-87,89-93H,8-9,16-17,25-27,75H2,2-6H3,(H2,74,88)(H,77,96)(H,78,99)(H,79,95)(H,80,98)(H,81,100)(H,82,94)(H,83,97)/t29-,39+,40-,47+,49-,51+,52+,53-,54+,55-,56+,57+,58+,59-,61+,62+,70-,71-/m0/s1. The summed E-state index contributed by atoms with van der Waals surface area (Å²) in [5, 5.41) is 124. The summed E-state index contributed by atoms with van der Waals surface area (Å²) in [6, 6.07) is 0.280. The summed E-state index contributed by atoms with van der Waals surface area (Å²) in [7, 11) is 1.48. The molecule has 7 aliphatic heterocycles. The number of benzene rings is 5. The lowest BCUT2D eigenvalue weighted by Crippen LogP contribution is -2.64. The summed E-state index contributed by atoms with van der Waals surface area (Å²) in [5.41, 5.74) is 8.54. The van der Waals surface area contributed by atoms with Crippen molar-refractivity contribution in [1.82, 2.24) is 42.5 Å². The second kappa shape index (κ2) is 33.0. The number of hydrogen-bond acceptors (Lipinski definition) is 25. The highest BCUT2D eigenvalue weighted by Crippen LogP contribution is 2.50. The van der Waals surface area contributed by atoms with Crippen LogP contribution < -0.4 is 68.2 Å². The number of phenolic OH excluding ortho intramolecular Hbond substituents is 3. The van der Waals surface area contributed by atoms with Gasteiger partial charge in [0.15, 0.2) is 23.9 Å². The fraction of sp³-hybridized carbons (Fsp3) is 0.437. The van der Waals surface area contributed by atoms with Crippen LogP contribution in [0.15, 0.2) is 78.9 Å².